The predicted octanol–water partition coefficient (Wildman–Crippen LogP) is 3.93. The van der Waals surface area contributed by atoms with Crippen molar-refractivity contribution in [3.63, 3.8) is 0 Å². The third-order valence-corrected chi connectivity index (χ3v) is 3.73. The molecule has 0 bridgehead atoms. The van der Waals surface area contributed by atoms with Crippen LogP contribution < -0.4 is 4.90 Å². The lowest BCUT2D eigenvalue weighted by atomic mass is 9.97. The molecule has 100 valence electrons. The van der Waals surface area contributed by atoms with E-state index in [9.17, 15) is 13.2 Å². The summed E-state index contributed by atoms with van der Waals surface area (Å²) < 4.78 is 39.0. The number of anilines is 1. The maximum absolute atomic E-state index is 12.7. The predicted molar refractivity (Wildman–Crippen MR) is 67.7 cm³/mol. The molecule has 2 heterocycles. The van der Waals surface area contributed by atoms with Gasteiger partial charge in [0.25, 0.3) is 0 Å². The Balaban J connectivity index is 2.18. The molecule has 18 heavy (non-hydrogen) atoms. The summed E-state index contributed by atoms with van der Waals surface area (Å²) in [5.74, 6) is -0.643. The van der Waals surface area contributed by atoms with E-state index < -0.39 is 12.1 Å². The Bertz CT molecular complexity index is 434. The fraction of sp³-hybridized carbons (Fsp3) is 0.583. The van der Waals surface area contributed by atoms with E-state index in [1.54, 1.807) is 11.1 Å². The molecule has 1 saturated heterocycles. The van der Waals surface area contributed by atoms with Gasteiger partial charge in [-0.15, -0.1) is 0 Å². The minimum atomic E-state index is -4.12. The number of aromatic nitrogens is 1. The van der Waals surface area contributed by atoms with Crippen molar-refractivity contribution < 1.29 is 13.2 Å². The van der Waals surface area contributed by atoms with Crippen LogP contribution in [0.3, 0.4) is 0 Å². The normalized spacial score (nSPS) is 21.2. The minimum Gasteiger partial charge on any atom is -0.355 e. The van der Waals surface area contributed by atoms with Gasteiger partial charge in [-0.25, -0.2) is 4.98 Å². The summed E-state index contributed by atoms with van der Waals surface area (Å²) in [5, 5.41) is 0. The monoisotopic (exact) mass is 322 g/mol. The molecule has 0 amide bonds. The average molecular weight is 323 g/mol. The molecular formula is C12H14BrF3N2. The van der Waals surface area contributed by atoms with Gasteiger partial charge in [0.05, 0.1) is 10.4 Å². The maximum Gasteiger partial charge on any atom is 0.393 e. The number of alkyl halides is 3. The number of piperidine rings is 1. The second-order valence-corrected chi connectivity index (χ2v) is 5.50. The largest absolute Gasteiger partial charge is 0.393 e. The van der Waals surface area contributed by atoms with Crippen LogP contribution in [0.2, 0.25) is 0 Å². The number of rotatable bonds is 1. The van der Waals surface area contributed by atoms with Crippen molar-refractivity contribution in [2.45, 2.75) is 25.9 Å². The summed E-state index contributed by atoms with van der Waals surface area (Å²) in [5.41, 5.74) is 0.981. The molecule has 1 fully saturated rings. The van der Waals surface area contributed by atoms with E-state index in [1.807, 2.05) is 13.0 Å². The van der Waals surface area contributed by atoms with E-state index in [4.69, 9.17) is 0 Å². The fourth-order valence-electron chi connectivity index (χ4n) is 2.20. The van der Waals surface area contributed by atoms with E-state index in [1.165, 1.54) is 0 Å². The molecule has 1 unspecified atom stereocenters. The molecule has 2 nitrogen and oxygen atoms in total. The van der Waals surface area contributed by atoms with Gasteiger partial charge in [-0.1, -0.05) is 0 Å². The topological polar surface area (TPSA) is 16.1 Å². The highest BCUT2D eigenvalue weighted by Crippen LogP contribution is 2.36. The van der Waals surface area contributed by atoms with E-state index in [2.05, 4.69) is 20.9 Å². The van der Waals surface area contributed by atoms with E-state index >= 15 is 0 Å². The molecule has 0 aromatic carbocycles. The fourth-order valence-corrected chi connectivity index (χ4v) is 2.91. The lowest BCUT2D eigenvalue weighted by Crippen LogP contribution is -2.42. The Hall–Kier alpha value is -0.780. The summed E-state index contributed by atoms with van der Waals surface area (Å²) >= 11 is 3.37. The first-order chi connectivity index (χ1) is 8.38. The van der Waals surface area contributed by atoms with Crippen LogP contribution in [0.4, 0.5) is 19.0 Å². The second-order valence-electron chi connectivity index (χ2n) is 4.64. The summed E-state index contributed by atoms with van der Waals surface area (Å²) in [7, 11) is 0. The van der Waals surface area contributed by atoms with Gasteiger partial charge in [0.15, 0.2) is 0 Å². The van der Waals surface area contributed by atoms with E-state index in [0.717, 1.165) is 10.0 Å². The highest BCUT2D eigenvalue weighted by atomic mass is 79.9. The van der Waals surface area contributed by atoms with Crippen molar-refractivity contribution in [2.24, 2.45) is 5.92 Å². The molecule has 1 aliphatic rings. The summed E-state index contributed by atoms with van der Waals surface area (Å²) in [6.45, 7) is 2.52. The smallest absolute Gasteiger partial charge is 0.355 e. The molecule has 2 rings (SSSR count). The molecule has 1 aromatic rings. The van der Waals surface area contributed by atoms with Crippen molar-refractivity contribution in [1.29, 1.82) is 0 Å². The summed E-state index contributed by atoms with van der Waals surface area (Å²) in [6, 6.07) is 1.87. The van der Waals surface area contributed by atoms with Gasteiger partial charge >= 0.3 is 6.18 Å². The van der Waals surface area contributed by atoms with E-state index in [0.29, 0.717) is 18.8 Å². The van der Waals surface area contributed by atoms with Crippen LogP contribution >= 0.6 is 15.9 Å². The molecule has 0 saturated carbocycles. The average Bonchev–Trinajstić information content (AvgIpc) is 2.28. The zero-order valence-corrected chi connectivity index (χ0v) is 11.6. The molecule has 1 aromatic heterocycles. The standard InChI is InChI=1S/C12H14BrF3N2/c1-8-5-10(13)11(17-6-8)18-4-2-3-9(7-18)12(14,15)16/h5-6,9H,2-4,7H2,1H3. The van der Waals surface area contributed by atoms with Crippen LogP contribution in [-0.2, 0) is 0 Å². The van der Waals surface area contributed by atoms with Gasteiger partial charge in [-0.3, -0.25) is 0 Å². The second kappa shape index (κ2) is 5.07. The lowest BCUT2D eigenvalue weighted by Gasteiger charge is -2.34. The summed E-state index contributed by atoms with van der Waals surface area (Å²) in [4.78, 5) is 5.94. The Morgan fingerprint density at radius 3 is 2.78 bits per heavy atom. The first-order valence-corrected chi connectivity index (χ1v) is 6.61. The van der Waals surface area contributed by atoms with Crippen LogP contribution in [0.25, 0.3) is 0 Å². The third-order valence-electron chi connectivity index (χ3n) is 3.14. The third kappa shape index (κ3) is 2.96. The number of hydrogen-bond acceptors (Lipinski definition) is 2. The van der Waals surface area contributed by atoms with Crippen LogP contribution in [0, 0.1) is 12.8 Å². The van der Waals surface area contributed by atoms with Crippen molar-refractivity contribution in [3.05, 3.63) is 22.3 Å². The van der Waals surface area contributed by atoms with Crippen LogP contribution in [0.15, 0.2) is 16.7 Å². The maximum atomic E-state index is 12.7. The minimum absolute atomic E-state index is 0.00182. The molecule has 0 aliphatic carbocycles. The van der Waals surface area contributed by atoms with Gasteiger partial charge in [-0.05, 0) is 47.3 Å². The number of aryl methyl sites for hydroxylation is 1. The summed E-state index contributed by atoms with van der Waals surface area (Å²) in [6.07, 6.45) is -1.68. The molecule has 0 spiro atoms. The molecule has 0 radical (unpaired) electrons. The van der Waals surface area contributed by atoms with Gasteiger partial charge in [0.2, 0.25) is 0 Å². The van der Waals surface area contributed by atoms with E-state index in [-0.39, 0.29) is 13.0 Å². The lowest BCUT2D eigenvalue weighted by molar-refractivity contribution is -0.176. The highest BCUT2D eigenvalue weighted by molar-refractivity contribution is 9.10. The zero-order valence-electron chi connectivity index (χ0n) is 9.97. The zero-order chi connectivity index (χ0) is 13.3. The number of hydrogen-bond donors (Lipinski definition) is 0. The molecule has 0 N–H and O–H groups in total. The van der Waals surface area contributed by atoms with Crippen molar-refractivity contribution in [1.82, 2.24) is 4.98 Å². The quantitative estimate of drug-likeness (QED) is 0.778. The van der Waals surface area contributed by atoms with Crippen LogP contribution in [0.5, 0.6) is 0 Å². The molecule has 1 atom stereocenters. The van der Waals surface area contributed by atoms with Crippen molar-refractivity contribution in [3.8, 4) is 0 Å². The highest BCUT2D eigenvalue weighted by Gasteiger charge is 2.42. The molecular weight excluding hydrogens is 309 g/mol. The Morgan fingerprint density at radius 2 is 2.17 bits per heavy atom. The number of pyridine rings is 1. The first-order valence-electron chi connectivity index (χ1n) is 5.81. The van der Waals surface area contributed by atoms with Crippen LogP contribution in [0.1, 0.15) is 18.4 Å². The van der Waals surface area contributed by atoms with Crippen LogP contribution in [-0.4, -0.2) is 24.2 Å². The van der Waals surface area contributed by atoms with Gasteiger partial charge in [0, 0.05) is 19.3 Å². The Kier molecular flexibility index (Phi) is 3.84. The van der Waals surface area contributed by atoms with Crippen molar-refractivity contribution in [2.75, 3.05) is 18.0 Å². The van der Waals surface area contributed by atoms with Gasteiger partial charge in [0.1, 0.15) is 5.82 Å². The number of nitrogens with zero attached hydrogens (tertiary/aromatic N) is 2. The molecule has 1 aliphatic heterocycles. The Labute approximate surface area is 112 Å². The Morgan fingerprint density at radius 1 is 1.44 bits per heavy atom. The SMILES string of the molecule is Cc1cnc(N2CCCC(C(F)(F)F)C2)c(Br)c1. The van der Waals surface area contributed by atoms with Gasteiger partial charge in [-0.2, -0.15) is 13.2 Å². The van der Waals surface area contributed by atoms with Crippen molar-refractivity contribution >= 4 is 21.7 Å². The first kappa shape index (κ1) is 13.6. The molecule has 6 heteroatoms. The number of halogens is 4. The van der Waals surface area contributed by atoms with Gasteiger partial charge < -0.3 is 4.90 Å².